The molecule has 37 heavy (non-hydrogen) atoms. The Morgan fingerprint density at radius 1 is 0.973 bits per heavy atom. The van der Waals surface area contributed by atoms with Crippen molar-refractivity contribution in [3.8, 4) is 5.75 Å². The molecule has 0 unspecified atom stereocenters. The minimum Gasteiger partial charge on any atom is -0.484 e. The summed E-state index contributed by atoms with van der Waals surface area (Å²) in [6, 6.07) is 21.0. The molecule has 1 saturated carbocycles. The zero-order valence-corrected chi connectivity index (χ0v) is 21.6. The van der Waals surface area contributed by atoms with E-state index in [9.17, 15) is 14.0 Å². The first-order chi connectivity index (χ1) is 17.9. The maximum Gasteiger partial charge on any atom is 0.261 e. The normalized spacial score (nSPS) is 14.2. The number of benzene rings is 3. The van der Waals surface area contributed by atoms with E-state index in [1.807, 2.05) is 62.4 Å². The Morgan fingerprint density at radius 2 is 1.62 bits per heavy atom. The van der Waals surface area contributed by atoms with Crippen molar-refractivity contribution in [1.29, 1.82) is 0 Å². The molecule has 0 spiro atoms. The molecule has 0 radical (unpaired) electrons. The van der Waals surface area contributed by atoms with E-state index in [0.717, 1.165) is 42.4 Å². The number of carbonyl (C=O) groups is 2. The minimum absolute atomic E-state index is 0.0305. The molecule has 3 aromatic rings. The molecular formula is C31H35FN2O3. The van der Waals surface area contributed by atoms with E-state index in [-0.39, 0.29) is 31.0 Å². The van der Waals surface area contributed by atoms with Crippen molar-refractivity contribution in [2.45, 2.75) is 64.6 Å². The Hall–Kier alpha value is -3.67. The molecule has 1 atom stereocenters. The average molecular weight is 503 g/mol. The lowest BCUT2D eigenvalue weighted by molar-refractivity contribution is -0.143. The van der Waals surface area contributed by atoms with Gasteiger partial charge in [0.1, 0.15) is 17.6 Å². The van der Waals surface area contributed by atoms with E-state index in [1.165, 1.54) is 11.0 Å². The molecule has 1 aliphatic carbocycles. The van der Waals surface area contributed by atoms with Crippen LogP contribution >= 0.6 is 0 Å². The number of carbonyl (C=O) groups excluding carboxylic acids is 2. The lowest BCUT2D eigenvalue weighted by Crippen LogP contribution is -2.53. The molecule has 1 aliphatic rings. The first-order valence-electron chi connectivity index (χ1n) is 13.0. The molecule has 5 nitrogen and oxygen atoms in total. The summed E-state index contributed by atoms with van der Waals surface area (Å²) in [7, 11) is 0. The van der Waals surface area contributed by atoms with Crippen molar-refractivity contribution in [3.05, 3.63) is 101 Å². The topological polar surface area (TPSA) is 58.6 Å². The summed E-state index contributed by atoms with van der Waals surface area (Å²) < 4.78 is 20.6. The molecule has 0 aliphatic heterocycles. The predicted molar refractivity (Wildman–Crippen MR) is 143 cm³/mol. The zero-order valence-electron chi connectivity index (χ0n) is 21.6. The standard InChI is InChI=1S/C31H35FN2O3/c1-22-16-23(2)18-27(17-22)37-21-30(35)34(20-25-12-6-9-15-28(25)32)29(19-24-10-4-3-5-11-24)31(36)33-26-13-7-8-14-26/h3-6,9-12,15-18,26,29H,7-8,13-14,19-21H2,1-2H3,(H,33,36)/t29-/m0/s1. The quantitative estimate of drug-likeness (QED) is 0.397. The number of rotatable bonds is 10. The van der Waals surface area contributed by atoms with E-state index < -0.39 is 11.9 Å². The Bertz CT molecular complexity index is 1190. The third kappa shape index (κ3) is 7.42. The summed E-state index contributed by atoms with van der Waals surface area (Å²) in [5.41, 5.74) is 3.34. The minimum atomic E-state index is -0.807. The van der Waals surface area contributed by atoms with Gasteiger partial charge in [0.2, 0.25) is 5.91 Å². The number of amides is 2. The number of aryl methyl sites for hydroxylation is 2. The fourth-order valence-corrected chi connectivity index (χ4v) is 4.98. The maximum atomic E-state index is 14.7. The summed E-state index contributed by atoms with van der Waals surface area (Å²) in [5.74, 6) is -0.409. The fourth-order valence-electron chi connectivity index (χ4n) is 4.98. The molecule has 194 valence electrons. The van der Waals surface area contributed by atoms with Gasteiger partial charge < -0.3 is 15.0 Å². The lowest BCUT2D eigenvalue weighted by atomic mass is 10.0. The van der Waals surface area contributed by atoms with Crippen LogP contribution in [-0.4, -0.2) is 35.4 Å². The van der Waals surface area contributed by atoms with E-state index >= 15 is 0 Å². The van der Waals surface area contributed by atoms with Crippen molar-refractivity contribution in [2.75, 3.05) is 6.61 Å². The number of hydrogen-bond donors (Lipinski definition) is 1. The number of halogens is 1. The number of nitrogens with one attached hydrogen (secondary N) is 1. The summed E-state index contributed by atoms with van der Waals surface area (Å²) >= 11 is 0. The van der Waals surface area contributed by atoms with Crippen LogP contribution in [0.3, 0.4) is 0 Å². The highest BCUT2D eigenvalue weighted by Gasteiger charge is 2.32. The van der Waals surface area contributed by atoms with Crippen LogP contribution < -0.4 is 10.1 Å². The van der Waals surface area contributed by atoms with Crippen LogP contribution in [0.5, 0.6) is 5.75 Å². The van der Waals surface area contributed by atoms with Gasteiger partial charge >= 0.3 is 0 Å². The molecule has 2 amide bonds. The Kier molecular flexibility index (Phi) is 8.94. The maximum absolute atomic E-state index is 14.7. The smallest absolute Gasteiger partial charge is 0.261 e. The molecule has 4 rings (SSSR count). The van der Waals surface area contributed by atoms with E-state index in [4.69, 9.17) is 4.74 Å². The third-order valence-electron chi connectivity index (χ3n) is 6.83. The summed E-state index contributed by atoms with van der Waals surface area (Å²) in [5, 5.41) is 3.16. The number of nitrogens with zero attached hydrogens (tertiary/aromatic N) is 1. The lowest BCUT2D eigenvalue weighted by Gasteiger charge is -2.32. The second-order valence-electron chi connectivity index (χ2n) is 9.92. The highest BCUT2D eigenvalue weighted by Crippen LogP contribution is 2.21. The predicted octanol–water partition coefficient (Wildman–Crippen LogP) is 5.52. The highest BCUT2D eigenvalue weighted by molar-refractivity contribution is 5.88. The Labute approximate surface area is 218 Å². The molecule has 0 saturated heterocycles. The molecule has 1 N–H and O–H groups in total. The van der Waals surface area contributed by atoms with Crippen LogP contribution in [0.4, 0.5) is 4.39 Å². The Morgan fingerprint density at radius 3 is 2.30 bits per heavy atom. The Balaban J connectivity index is 1.62. The summed E-state index contributed by atoms with van der Waals surface area (Å²) in [6.45, 7) is 3.65. The van der Waals surface area contributed by atoms with Gasteiger partial charge in [-0.25, -0.2) is 4.39 Å². The SMILES string of the molecule is Cc1cc(C)cc(OCC(=O)N(Cc2ccccc2F)[C@@H](Cc2ccccc2)C(=O)NC2CCCC2)c1. The van der Waals surface area contributed by atoms with Gasteiger partial charge in [-0.15, -0.1) is 0 Å². The van der Waals surface area contributed by atoms with Gasteiger partial charge in [0, 0.05) is 24.6 Å². The second kappa shape index (κ2) is 12.5. The molecule has 1 fully saturated rings. The molecule has 6 heteroatoms. The van der Waals surface area contributed by atoms with Crippen molar-refractivity contribution in [3.63, 3.8) is 0 Å². The van der Waals surface area contributed by atoms with Crippen LogP contribution in [0, 0.1) is 19.7 Å². The first-order valence-corrected chi connectivity index (χ1v) is 13.0. The van der Waals surface area contributed by atoms with Gasteiger partial charge in [0.15, 0.2) is 6.61 Å². The molecular weight excluding hydrogens is 467 g/mol. The van der Waals surface area contributed by atoms with Crippen LogP contribution in [0.15, 0.2) is 72.8 Å². The molecule has 0 aromatic heterocycles. The number of ether oxygens (including phenoxy) is 1. The highest BCUT2D eigenvalue weighted by atomic mass is 19.1. The van der Waals surface area contributed by atoms with E-state index in [0.29, 0.717) is 17.7 Å². The van der Waals surface area contributed by atoms with Crippen LogP contribution in [0.1, 0.15) is 47.9 Å². The van der Waals surface area contributed by atoms with Crippen LogP contribution in [0.2, 0.25) is 0 Å². The van der Waals surface area contributed by atoms with Gasteiger partial charge in [0.25, 0.3) is 5.91 Å². The van der Waals surface area contributed by atoms with Gasteiger partial charge in [-0.1, -0.05) is 67.4 Å². The van der Waals surface area contributed by atoms with E-state index in [1.54, 1.807) is 18.2 Å². The third-order valence-corrected chi connectivity index (χ3v) is 6.83. The van der Waals surface area contributed by atoms with Gasteiger partial charge in [-0.3, -0.25) is 9.59 Å². The summed E-state index contributed by atoms with van der Waals surface area (Å²) in [6.07, 6.45) is 4.34. The largest absolute Gasteiger partial charge is 0.484 e. The van der Waals surface area contributed by atoms with Gasteiger partial charge in [0.05, 0.1) is 0 Å². The van der Waals surface area contributed by atoms with Crippen molar-refractivity contribution < 1.29 is 18.7 Å². The molecule has 3 aromatic carbocycles. The average Bonchev–Trinajstić information content (AvgIpc) is 3.39. The molecule has 0 bridgehead atoms. The van der Waals surface area contributed by atoms with Crippen molar-refractivity contribution >= 4 is 11.8 Å². The van der Waals surface area contributed by atoms with Crippen molar-refractivity contribution in [2.24, 2.45) is 0 Å². The summed E-state index contributed by atoms with van der Waals surface area (Å²) in [4.78, 5) is 28.8. The fraction of sp³-hybridized carbons (Fsp3) is 0.355. The van der Waals surface area contributed by atoms with Crippen LogP contribution in [-0.2, 0) is 22.6 Å². The zero-order chi connectivity index (χ0) is 26.2. The van der Waals surface area contributed by atoms with Gasteiger partial charge in [-0.05, 0) is 61.6 Å². The first kappa shape index (κ1) is 26.4. The second-order valence-corrected chi connectivity index (χ2v) is 9.92. The molecule has 0 heterocycles. The van der Waals surface area contributed by atoms with E-state index in [2.05, 4.69) is 5.32 Å². The van der Waals surface area contributed by atoms with Crippen LogP contribution in [0.25, 0.3) is 0 Å². The monoisotopic (exact) mass is 502 g/mol. The van der Waals surface area contributed by atoms with Gasteiger partial charge in [-0.2, -0.15) is 0 Å². The number of hydrogen-bond acceptors (Lipinski definition) is 3. The van der Waals surface area contributed by atoms with Crippen molar-refractivity contribution in [1.82, 2.24) is 10.2 Å².